The van der Waals surface area contributed by atoms with Crippen LogP contribution in [0.5, 0.6) is 0 Å². The van der Waals surface area contributed by atoms with Gasteiger partial charge in [0, 0.05) is 25.3 Å². The van der Waals surface area contributed by atoms with Crippen LogP contribution in [0.3, 0.4) is 0 Å². The minimum Gasteiger partial charge on any atom is -0.472 e. The van der Waals surface area contributed by atoms with E-state index in [0.717, 1.165) is 38.4 Å². The van der Waals surface area contributed by atoms with Gasteiger partial charge in [-0.2, -0.15) is 0 Å². The molecule has 0 radical (unpaired) electrons. The van der Waals surface area contributed by atoms with Gasteiger partial charge in [-0.05, 0) is 38.5 Å². The Hall–Kier alpha value is -1.52. The Morgan fingerprint density at radius 2 is 2.10 bits per heavy atom. The quantitative estimate of drug-likeness (QED) is 0.655. The van der Waals surface area contributed by atoms with Gasteiger partial charge in [0.15, 0.2) is 0 Å². The summed E-state index contributed by atoms with van der Waals surface area (Å²) in [5.74, 6) is 0.985. The van der Waals surface area contributed by atoms with E-state index in [4.69, 9.17) is 13.6 Å². The molecule has 0 saturated heterocycles. The number of rotatable bonds is 9. The number of nitrogens with zero attached hydrogens (tertiary/aromatic N) is 1. The third-order valence-electron chi connectivity index (χ3n) is 3.02. The van der Waals surface area contributed by atoms with E-state index in [1.807, 2.05) is 18.2 Å². The van der Waals surface area contributed by atoms with Crippen molar-refractivity contribution in [2.75, 3.05) is 13.2 Å². The molecule has 0 unspecified atom stereocenters. The SMILES string of the molecule is CC(C)OCCCN(Cc1ccoc1)Cc1ccco1. The first-order valence-corrected chi connectivity index (χ1v) is 7.11. The van der Waals surface area contributed by atoms with Gasteiger partial charge >= 0.3 is 0 Å². The fourth-order valence-corrected chi connectivity index (χ4v) is 2.08. The Morgan fingerprint density at radius 1 is 1.20 bits per heavy atom. The molecule has 0 amide bonds. The summed E-state index contributed by atoms with van der Waals surface area (Å²) < 4.78 is 16.2. The number of hydrogen-bond donors (Lipinski definition) is 0. The van der Waals surface area contributed by atoms with Crippen LogP contribution in [0.2, 0.25) is 0 Å². The van der Waals surface area contributed by atoms with E-state index in [1.54, 1.807) is 18.8 Å². The van der Waals surface area contributed by atoms with Crippen LogP contribution in [0, 0.1) is 0 Å². The number of furan rings is 2. The van der Waals surface area contributed by atoms with E-state index in [-0.39, 0.29) is 0 Å². The topological polar surface area (TPSA) is 38.8 Å². The fraction of sp³-hybridized carbons (Fsp3) is 0.500. The molecule has 0 atom stereocenters. The summed E-state index contributed by atoms with van der Waals surface area (Å²) in [7, 11) is 0. The first-order chi connectivity index (χ1) is 9.74. The minimum absolute atomic E-state index is 0.294. The van der Waals surface area contributed by atoms with Crippen LogP contribution < -0.4 is 0 Å². The summed E-state index contributed by atoms with van der Waals surface area (Å²) in [4.78, 5) is 2.34. The van der Waals surface area contributed by atoms with Gasteiger partial charge in [0.1, 0.15) is 5.76 Å². The Kier molecular flexibility index (Phi) is 5.89. The summed E-state index contributed by atoms with van der Waals surface area (Å²) in [5, 5.41) is 0. The van der Waals surface area contributed by atoms with Crippen LogP contribution >= 0.6 is 0 Å². The van der Waals surface area contributed by atoms with Gasteiger partial charge in [-0.25, -0.2) is 0 Å². The van der Waals surface area contributed by atoms with Crippen LogP contribution in [-0.2, 0) is 17.8 Å². The zero-order chi connectivity index (χ0) is 14.2. The largest absolute Gasteiger partial charge is 0.472 e. The van der Waals surface area contributed by atoms with Crippen LogP contribution in [-0.4, -0.2) is 24.2 Å². The molecular weight excluding hydrogens is 254 g/mol. The number of ether oxygens (including phenoxy) is 1. The van der Waals surface area contributed by atoms with Crippen LogP contribution in [0.1, 0.15) is 31.6 Å². The first-order valence-electron chi connectivity index (χ1n) is 7.11. The van der Waals surface area contributed by atoms with E-state index in [0.29, 0.717) is 6.10 Å². The van der Waals surface area contributed by atoms with E-state index in [2.05, 4.69) is 18.7 Å². The van der Waals surface area contributed by atoms with E-state index >= 15 is 0 Å². The second kappa shape index (κ2) is 7.92. The Balaban J connectivity index is 1.83. The molecule has 0 N–H and O–H groups in total. The normalized spacial score (nSPS) is 11.6. The maximum Gasteiger partial charge on any atom is 0.117 e. The van der Waals surface area contributed by atoms with Gasteiger partial charge in [-0.3, -0.25) is 4.90 Å². The van der Waals surface area contributed by atoms with Gasteiger partial charge < -0.3 is 13.6 Å². The van der Waals surface area contributed by atoms with Gasteiger partial charge in [0.05, 0.1) is 31.4 Å². The summed E-state index contributed by atoms with van der Waals surface area (Å²) in [6.07, 6.45) is 6.52. The van der Waals surface area contributed by atoms with Gasteiger partial charge in [-0.1, -0.05) is 0 Å². The van der Waals surface area contributed by atoms with Crippen molar-refractivity contribution in [2.45, 2.75) is 39.5 Å². The molecule has 20 heavy (non-hydrogen) atoms. The summed E-state index contributed by atoms with van der Waals surface area (Å²) in [5.41, 5.74) is 1.18. The molecule has 2 aromatic heterocycles. The van der Waals surface area contributed by atoms with Crippen molar-refractivity contribution in [3.05, 3.63) is 48.3 Å². The highest BCUT2D eigenvalue weighted by molar-refractivity contribution is 5.06. The highest BCUT2D eigenvalue weighted by Gasteiger charge is 2.09. The molecule has 110 valence electrons. The molecular formula is C16H23NO3. The molecule has 4 heteroatoms. The lowest BCUT2D eigenvalue weighted by molar-refractivity contribution is 0.0686. The zero-order valence-electron chi connectivity index (χ0n) is 12.2. The predicted molar refractivity (Wildman–Crippen MR) is 77.2 cm³/mol. The molecule has 2 aromatic rings. The molecule has 0 aliphatic heterocycles. The average molecular weight is 277 g/mol. The predicted octanol–water partition coefficient (Wildman–Crippen LogP) is 3.69. The maximum atomic E-state index is 5.59. The van der Waals surface area contributed by atoms with Crippen molar-refractivity contribution >= 4 is 0 Å². The highest BCUT2D eigenvalue weighted by atomic mass is 16.5. The maximum absolute atomic E-state index is 5.59. The summed E-state index contributed by atoms with van der Waals surface area (Å²) >= 11 is 0. The van der Waals surface area contributed by atoms with Crippen LogP contribution in [0.4, 0.5) is 0 Å². The fourth-order valence-electron chi connectivity index (χ4n) is 2.08. The molecule has 0 aliphatic carbocycles. The van der Waals surface area contributed by atoms with Gasteiger partial charge in [-0.15, -0.1) is 0 Å². The third kappa shape index (κ3) is 5.23. The molecule has 0 aliphatic rings. The summed E-state index contributed by atoms with van der Waals surface area (Å²) in [6, 6.07) is 5.93. The standard InChI is InChI=1S/C16H23NO3/c1-14(2)19-9-4-7-17(11-15-6-10-18-13-15)12-16-5-3-8-20-16/h3,5-6,8,10,13-14H,4,7,9,11-12H2,1-2H3. The monoisotopic (exact) mass is 277 g/mol. The van der Waals surface area contributed by atoms with Crippen LogP contribution in [0.25, 0.3) is 0 Å². The lowest BCUT2D eigenvalue weighted by Crippen LogP contribution is -2.24. The smallest absolute Gasteiger partial charge is 0.117 e. The van der Waals surface area contributed by atoms with E-state index in [1.165, 1.54) is 5.56 Å². The number of hydrogen-bond acceptors (Lipinski definition) is 4. The van der Waals surface area contributed by atoms with Crippen molar-refractivity contribution < 1.29 is 13.6 Å². The zero-order valence-corrected chi connectivity index (χ0v) is 12.2. The third-order valence-corrected chi connectivity index (χ3v) is 3.02. The Labute approximate surface area is 120 Å². The van der Waals surface area contributed by atoms with Gasteiger partial charge in [0.25, 0.3) is 0 Å². The second-order valence-corrected chi connectivity index (χ2v) is 5.19. The van der Waals surface area contributed by atoms with Crippen molar-refractivity contribution in [1.82, 2.24) is 4.90 Å². The highest BCUT2D eigenvalue weighted by Crippen LogP contribution is 2.11. The minimum atomic E-state index is 0.294. The molecule has 0 spiro atoms. The van der Waals surface area contributed by atoms with E-state index < -0.39 is 0 Å². The van der Waals surface area contributed by atoms with Crippen molar-refractivity contribution in [3.63, 3.8) is 0 Å². The summed E-state index contributed by atoms with van der Waals surface area (Å²) in [6.45, 7) is 7.55. The Bertz CT molecular complexity index is 412. The van der Waals surface area contributed by atoms with Crippen molar-refractivity contribution in [3.8, 4) is 0 Å². The molecule has 0 fully saturated rings. The average Bonchev–Trinajstić information content (AvgIpc) is 3.07. The van der Waals surface area contributed by atoms with E-state index in [9.17, 15) is 0 Å². The lowest BCUT2D eigenvalue weighted by atomic mass is 10.2. The van der Waals surface area contributed by atoms with Gasteiger partial charge in [0.2, 0.25) is 0 Å². The molecule has 0 saturated carbocycles. The van der Waals surface area contributed by atoms with Crippen molar-refractivity contribution in [2.24, 2.45) is 0 Å². The van der Waals surface area contributed by atoms with Crippen molar-refractivity contribution in [1.29, 1.82) is 0 Å². The molecule has 4 nitrogen and oxygen atoms in total. The first kappa shape index (κ1) is 14.9. The molecule has 0 bridgehead atoms. The molecule has 0 aromatic carbocycles. The van der Waals surface area contributed by atoms with Crippen LogP contribution in [0.15, 0.2) is 45.8 Å². The Morgan fingerprint density at radius 3 is 2.75 bits per heavy atom. The lowest BCUT2D eigenvalue weighted by Gasteiger charge is -2.20. The molecule has 2 heterocycles. The second-order valence-electron chi connectivity index (χ2n) is 5.19. The molecule has 2 rings (SSSR count).